The quantitative estimate of drug-likeness (QED) is 0.289. The minimum atomic E-state index is -1.15. The van der Waals surface area contributed by atoms with Gasteiger partial charge in [-0.2, -0.15) is 0 Å². The highest BCUT2D eigenvalue weighted by Crippen LogP contribution is 2.30. The molecule has 0 unspecified atom stereocenters. The number of carboxylic acids is 1. The molecule has 0 aliphatic heterocycles. The number of fused-ring (bicyclic) bond motifs is 1. The molecule has 1 heterocycles. The summed E-state index contributed by atoms with van der Waals surface area (Å²) in [5, 5.41) is 15.4. The second-order valence-corrected chi connectivity index (χ2v) is 8.71. The number of thiazole rings is 1. The van der Waals surface area contributed by atoms with Gasteiger partial charge in [0.1, 0.15) is 17.7 Å². The first-order valence-electron chi connectivity index (χ1n) is 10.6. The summed E-state index contributed by atoms with van der Waals surface area (Å²) in [4.78, 5) is 28.0. The van der Waals surface area contributed by atoms with E-state index in [1.165, 1.54) is 35.6 Å². The number of carboxylic acid groups (broad SMARTS) is 1. The number of aliphatic carboxylic acids is 1. The number of carbonyl (C=O) groups is 2. The highest BCUT2D eigenvalue weighted by molar-refractivity contribution is 7.22. The van der Waals surface area contributed by atoms with Crippen molar-refractivity contribution in [3.05, 3.63) is 77.9 Å². The zero-order chi connectivity index (χ0) is 24.2. The third-order valence-electron chi connectivity index (χ3n) is 5.21. The van der Waals surface area contributed by atoms with Gasteiger partial charge in [-0.3, -0.25) is 4.79 Å². The fourth-order valence-electron chi connectivity index (χ4n) is 3.48. The molecule has 1 aromatic heterocycles. The number of hydrogen-bond donors (Lipinski definition) is 3. The van der Waals surface area contributed by atoms with Gasteiger partial charge in [0, 0.05) is 5.69 Å². The van der Waals surface area contributed by atoms with E-state index in [0.29, 0.717) is 22.6 Å². The summed E-state index contributed by atoms with van der Waals surface area (Å²) in [7, 11) is 0. The molecule has 0 fully saturated rings. The summed E-state index contributed by atoms with van der Waals surface area (Å²) in [5.74, 6) is -2.97. The molecule has 0 saturated heterocycles. The maximum atomic E-state index is 14.7. The van der Waals surface area contributed by atoms with Crippen LogP contribution in [0.1, 0.15) is 30.1 Å². The third-order valence-corrected chi connectivity index (χ3v) is 6.15. The van der Waals surface area contributed by atoms with Crippen LogP contribution in [0, 0.1) is 11.6 Å². The van der Waals surface area contributed by atoms with Crippen molar-refractivity contribution < 1.29 is 23.5 Å². The Balaban J connectivity index is 1.47. The summed E-state index contributed by atoms with van der Waals surface area (Å²) in [6.07, 6.45) is 0.829. The smallest absolute Gasteiger partial charge is 0.326 e. The Bertz CT molecular complexity index is 1360. The van der Waals surface area contributed by atoms with Crippen molar-refractivity contribution in [2.45, 2.75) is 25.8 Å². The molecule has 0 spiro atoms. The number of hydrogen-bond acceptors (Lipinski definition) is 5. The fourth-order valence-corrected chi connectivity index (χ4v) is 4.39. The van der Waals surface area contributed by atoms with Crippen LogP contribution in [-0.2, 0) is 4.79 Å². The minimum Gasteiger partial charge on any atom is -0.480 e. The van der Waals surface area contributed by atoms with Crippen molar-refractivity contribution in [1.29, 1.82) is 0 Å². The van der Waals surface area contributed by atoms with Gasteiger partial charge < -0.3 is 15.7 Å². The number of anilines is 2. The fraction of sp³-hybridized carbons (Fsp3) is 0.160. The van der Waals surface area contributed by atoms with E-state index < -0.39 is 23.7 Å². The monoisotopic (exact) mass is 481 g/mol. The van der Waals surface area contributed by atoms with Gasteiger partial charge in [0.15, 0.2) is 5.13 Å². The number of nitrogens with zero attached hydrogens (tertiary/aromatic N) is 1. The van der Waals surface area contributed by atoms with Gasteiger partial charge in [-0.25, -0.2) is 18.6 Å². The first kappa shape index (κ1) is 23.3. The number of aromatic nitrogens is 1. The first-order valence-corrected chi connectivity index (χ1v) is 11.4. The average Bonchev–Trinajstić information content (AvgIpc) is 3.20. The van der Waals surface area contributed by atoms with Gasteiger partial charge in [0.05, 0.1) is 15.8 Å². The number of halogens is 2. The van der Waals surface area contributed by atoms with E-state index in [9.17, 15) is 23.5 Å². The molecule has 3 N–H and O–H groups in total. The topological polar surface area (TPSA) is 91.3 Å². The maximum absolute atomic E-state index is 14.7. The van der Waals surface area contributed by atoms with Crippen LogP contribution in [0.3, 0.4) is 0 Å². The summed E-state index contributed by atoms with van der Waals surface area (Å²) < 4.78 is 28.8. The molecule has 0 aliphatic carbocycles. The molecule has 4 rings (SSSR count). The van der Waals surface area contributed by atoms with Gasteiger partial charge in [0.25, 0.3) is 5.91 Å². The van der Waals surface area contributed by atoms with E-state index in [4.69, 9.17) is 0 Å². The van der Waals surface area contributed by atoms with Crippen LogP contribution in [0.15, 0.2) is 60.7 Å². The lowest BCUT2D eigenvalue weighted by atomic mass is 10.0. The lowest BCUT2D eigenvalue weighted by Gasteiger charge is -2.14. The third kappa shape index (κ3) is 5.20. The Morgan fingerprint density at radius 1 is 1.03 bits per heavy atom. The molecule has 6 nitrogen and oxygen atoms in total. The number of nitrogens with one attached hydrogen (secondary N) is 2. The molecular weight excluding hydrogens is 460 g/mol. The molecule has 3 aromatic carbocycles. The lowest BCUT2D eigenvalue weighted by molar-refractivity contribution is -0.139. The first-order chi connectivity index (χ1) is 16.3. The Hall–Kier alpha value is -3.85. The van der Waals surface area contributed by atoms with E-state index in [0.717, 1.165) is 16.0 Å². The normalized spacial score (nSPS) is 11.9. The molecule has 4 aromatic rings. The Labute approximate surface area is 198 Å². The van der Waals surface area contributed by atoms with Crippen LogP contribution in [-0.4, -0.2) is 28.0 Å². The molecule has 0 radical (unpaired) electrons. The number of carbonyl (C=O) groups excluding carboxylic acids is 1. The van der Waals surface area contributed by atoms with Crippen LogP contribution >= 0.6 is 11.3 Å². The second-order valence-electron chi connectivity index (χ2n) is 7.68. The predicted molar refractivity (Wildman–Crippen MR) is 128 cm³/mol. The van der Waals surface area contributed by atoms with E-state index in [1.54, 1.807) is 31.2 Å². The SMILES string of the molecule is CCC[C@H](NC(=O)c1ccc(-c2ccc(Nc3nc4ccc(F)cc4s3)cc2)cc1F)C(=O)O. The van der Waals surface area contributed by atoms with Gasteiger partial charge in [-0.05, 0) is 60.0 Å². The second kappa shape index (κ2) is 9.96. The Morgan fingerprint density at radius 2 is 1.76 bits per heavy atom. The van der Waals surface area contributed by atoms with Gasteiger partial charge in [0.2, 0.25) is 0 Å². The average molecular weight is 482 g/mol. The van der Waals surface area contributed by atoms with E-state index in [1.807, 2.05) is 12.1 Å². The van der Waals surface area contributed by atoms with E-state index in [-0.39, 0.29) is 17.8 Å². The predicted octanol–water partition coefficient (Wildman–Crippen LogP) is 5.97. The van der Waals surface area contributed by atoms with Crippen LogP contribution in [0.5, 0.6) is 0 Å². The highest BCUT2D eigenvalue weighted by atomic mass is 32.1. The van der Waals surface area contributed by atoms with Crippen LogP contribution < -0.4 is 10.6 Å². The molecule has 1 amide bonds. The molecule has 174 valence electrons. The number of benzene rings is 3. The van der Waals surface area contributed by atoms with Crippen LogP contribution in [0.2, 0.25) is 0 Å². The standard InChI is InChI=1S/C25H21F2N3O3S/c1-2-3-21(24(32)33)29-23(31)18-10-6-15(12-19(18)27)14-4-8-17(9-5-14)28-25-30-20-11-7-16(26)13-22(20)34-25/h4-13,21H,2-3H2,1H3,(H,28,30)(H,29,31)(H,32,33)/t21-/m0/s1. The molecule has 1 atom stereocenters. The number of amides is 1. The van der Waals surface area contributed by atoms with Crippen molar-refractivity contribution in [3.8, 4) is 11.1 Å². The lowest BCUT2D eigenvalue weighted by Crippen LogP contribution is -2.40. The molecule has 9 heteroatoms. The zero-order valence-corrected chi connectivity index (χ0v) is 19.0. The molecule has 34 heavy (non-hydrogen) atoms. The largest absolute Gasteiger partial charge is 0.480 e. The van der Waals surface area contributed by atoms with Gasteiger partial charge in [-0.1, -0.05) is 42.9 Å². The van der Waals surface area contributed by atoms with E-state index in [2.05, 4.69) is 15.6 Å². The van der Waals surface area contributed by atoms with Crippen molar-refractivity contribution in [1.82, 2.24) is 10.3 Å². The summed E-state index contributed by atoms with van der Waals surface area (Å²) in [6.45, 7) is 1.80. The molecule has 0 saturated carbocycles. The summed E-state index contributed by atoms with van der Waals surface area (Å²) >= 11 is 1.34. The van der Waals surface area contributed by atoms with Gasteiger partial charge in [-0.15, -0.1) is 0 Å². The maximum Gasteiger partial charge on any atom is 0.326 e. The van der Waals surface area contributed by atoms with Crippen molar-refractivity contribution in [2.24, 2.45) is 0 Å². The Kier molecular flexibility index (Phi) is 6.83. The van der Waals surface area contributed by atoms with E-state index >= 15 is 0 Å². The van der Waals surface area contributed by atoms with Crippen molar-refractivity contribution in [2.75, 3.05) is 5.32 Å². The molecule has 0 aliphatic rings. The van der Waals surface area contributed by atoms with Crippen LogP contribution in [0.25, 0.3) is 21.3 Å². The molecular formula is C25H21F2N3O3S. The van der Waals surface area contributed by atoms with Crippen molar-refractivity contribution >= 4 is 44.2 Å². The van der Waals surface area contributed by atoms with Crippen molar-refractivity contribution in [3.63, 3.8) is 0 Å². The Morgan fingerprint density at radius 3 is 2.44 bits per heavy atom. The number of rotatable bonds is 8. The molecule has 0 bridgehead atoms. The summed E-state index contributed by atoms with van der Waals surface area (Å²) in [6, 6.07) is 14.8. The minimum absolute atomic E-state index is 0.211. The van der Waals surface area contributed by atoms with Crippen LogP contribution in [0.4, 0.5) is 19.6 Å². The van der Waals surface area contributed by atoms with Gasteiger partial charge >= 0.3 is 5.97 Å². The summed E-state index contributed by atoms with van der Waals surface area (Å²) in [5.41, 5.74) is 2.55. The zero-order valence-electron chi connectivity index (χ0n) is 18.1. The highest BCUT2D eigenvalue weighted by Gasteiger charge is 2.21.